The maximum atomic E-state index is 12.5. The van der Waals surface area contributed by atoms with Gasteiger partial charge >= 0.3 is 5.63 Å². The van der Waals surface area contributed by atoms with Gasteiger partial charge in [-0.1, -0.05) is 11.3 Å². The van der Waals surface area contributed by atoms with Crippen LogP contribution in [0.3, 0.4) is 0 Å². The molecule has 0 aromatic carbocycles. The van der Waals surface area contributed by atoms with Crippen molar-refractivity contribution in [1.82, 2.24) is 10.2 Å². The first-order chi connectivity index (χ1) is 13.6. The molecular weight excluding hydrogens is 400 g/mol. The molecule has 2 heterocycles. The van der Waals surface area contributed by atoms with Gasteiger partial charge in [0.1, 0.15) is 0 Å². The molecular formula is C17H22N6O5S. The minimum Gasteiger partial charge on any atom is -0.488 e. The highest BCUT2D eigenvalue weighted by atomic mass is 32.1. The van der Waals surface area contributed by atoms with Gasteiger partial charge in [0.05, 0.1) is 18.4 Å². The monoisotopic (exact) mass is 422 g/mol. The number of rotatable bonds is 8. The van der Waals surface area contributed by atoms with Crippen molar-refractivity contribution in [3.8, 4) is 5.75 Å². The van der Waals surface area contributed by atoms with Crippen LogP contribution in [0.4, 0.5) is 16.0 Å². The minimum absolute atomic E-state index is 0.109. The van der Waals surface area contributed by atoms with E-state index in [2.05, 4.69) is 25.8 Å². The number of aromatic nitrogens is 2. The summed E-state index contributed by atoms with van der Waals surface area (Å²) in [6.45, 7) is 5.03. The lowest BCUT2D eigenvalue weighted by atomic mass is 10.1. The van der Waals surface area contributed by atoms with E-state index in [0.717, 1.165) is 11.3 Å². The summed E-state index contributed by atoms with van der Waals surface area (Å²) in [4.78, 5) is 28.8. The fraction of sp³-hybridized carbons (Fsp3) is 0.353. The van der Waals surface area contributed by atoms with Crippen LogP contribution in [0.25, 0.3) is 0 Å². The molecule has 0 saturated heterocycles. The molecule has 0 spiro atoms. The minimum atomic E-state index is -1.05. The van der Waals surface area contributed by atoms with Crippen LogP contribution in [-0.4, -0.2) is 46.2 Å². The Morgan fingerprint density at radius 2 is 2.21 bits per heavy atom. The molecule has 2 aromatic rings. The molecule has 156 valence electrons. The number of allylic oxidation sites excluding steroid dienone is 1. The number of nitrogens with zero attached hydrogens (tertiary/aromatic N) is 3. The predicted octanol–water partition coefficient (Wildman–Crippen LogP) is 1.50. The molecule has 12 heteroatoms. The van der Waals surface area contributed by atoms with Crippen LogP contribution in [0.2, 0.25) is 0 Å². The largest absolute Gasteiger partial charge is 0.488 e. The van der Waals surface area contributed by atoms with Crippen molar-refractivity contribution in [3.05, 3.63) is 34.5 Å². The van der Waals surface area contributed by atoms with Crippen LogP contribution < -0.4 is 26.7 Å². The second-order valence-electron chi connectivity index (χ2n) is 6.47. The first-order valence-corrected chi connectivity index (χ1v) is 9.21. The van der Waals surface area contributed by atoms with E-state index in [4.69, 9.17) is 14.9 Å². The summed E-state index contributed by atoms with van der Waals surface area (Å²) in [7, 11) is 1.30. The van der Waals surface area contributed by atoms with Crippen LogP contribution in [0, 0.1) is 0 Å². The van der Waals surface area contributed by atoms with Crippen molar-refractivity contribution >= 4 is 38.9 Å². The lowest BCUT2D eigenvalue weighted by Gasteiger charge is -2.19. The molecule has 2 aromatic heterocycles. The SMILES string of the molecule is COc1c(NCC(C)(C)O)cc(C(=O)Nc2nnc(N=C(C)C=CN)s2)oc1=O. The van der Waals surface area contributed by atoms with Crippen molar-refractivity contribution in [2.75, 3.05) is 24.3 Å². The zero-order valence-corrected chi connectivity index (χ0v) is 17.2. The normalized spacial score (nSPS) is 12.2. The molecule has 0 fully saturated rings. The fourth-order valence-corrected chi connectivity index (χ4v) is 2.70. The molecule has 5 N–H and O–H groups in total. The molecule has 29 heavy (non-hydrogen) atoms. The lowest BCUT2D eigenvalue weighted by Crippen LogP contribution is -2.30. The Morgan fingerprint density at radius 1 is 1.48 bits per heavy atom. The van der Waals surface area contributed by atoms with Crippen molar-refractivity contribution in [1.29, 1.82) is 0 Å². The van der Waals surface area contributed by atoms with E-state index in [1.807, 2.05) is 0 Å². The second-order valence-corrected chi connectivity index (χ2v) is 7.42. The van der Waals surface area contributed by atoms with Gasteiger partial charge in [0.15, 0.2) is 5.76 Å². The van der Waals surface area contributed by atoms with Gasteiger partial charge in [-0.25, -0.2) is 9.79 Å². The van der Waals surface area contributed by atoms with E-state index >= 15 is 0 Å². The number of amides is 1. The molecule has 0 bridgehead atoms. The number of hydrogen-bond donors (Lipinski definition) is 4. The van der Waals surface area contributed by atoms with Crippen molar-refractivity contribution < 1.29 is 19.1 Å². The van der Waals surface area contributed by atoms with Crippen molar-refractivity contribution in [3.63, 3.8) is 0 Å². The standard InChI is InChI=1S/C17H22N6O5S/c1-9(5-6-18)20-15-22-23-16(29-15)21-13(24)11-7-10(19-8-17(2,3)26)12(27-4)14(25)28-11/h5-7,19,26H,8,18H2,1-4H3,(H,21,23,24). The van der Waals surface area contributed by atoms with Gasteiger partial charge in [-0.2, -0.15) is 0 Å². The van der Waals surface area contributed by atoms with E-state index in [-0.39, 0.29) is 28.9 Å². The summed E-state index contributed by atoms with van der Waals surface area (Å²) >= 11 is 1.03. The smallest absolute Gasteiger partial charge is 0.381 e. The molecule has 0 radical (unpaired) electrons. The quantitative estimate of drug-likeness (QED) is 0.461. The molecule has 0 saturated carbocycles. The molecule has 1 amide bonds. The van der Waals surface area contributed by atoms with Gasteiger partial charge in [-0.05, 0) is 33.0 Å². The van der Waals surface area contributed by atoms with Gasteiger partial charge in [-0.3, -0.25) is 10.1 Å². The van der Waals surface area contributed by atoms with E-state index in [9.17, 15) is 14.7 Å². The average molecular weight is 422 g/mol. The number of aliphatic hydroxyl groups is 1. The van der Waals surface area contributed by atoms with Gasteiger partial charge in [0.25, 0.3) is 5.91 Å². The Hall–Kier alpha value is -3.25. The number of nitrogens with one attached hydrogen (secondary N) is 2. The van der Waals surface area contributed by atoms with Crippen molar-refractivity contribution in [2.24, 2.45) is 10.7 Å². The highest BCUT2D eigenvalue weighted by Crippen LogP contribution is 2.25. The highest BCUT2D eigenvalue weighted by Gasteiger charge is 2.20. The number of anilines is 2. The molecule has 0 aliphatic rings. The van der Waals surface area contributed by atoms with E-state index in [0.29, 0.717) is 10.8 Å². The molecule has 0 atom stereocenters. The Balaban J connectivity index is 2.22. The maximum absolute atomic E-state index is 12.5. The summed E-state index contributed by atoms with van der Waals surface area (Å²) in [5.41, 5.74) is 4.23. The zero-order valence-electron chi connectivity index (χ0n) is 16.3. The molecule has 2 rings (SSSR count). The Morgan fingerprint density at radius 3 is 2.83 bits per heavy atom. The number of hydrogen-bond acceptors (Lipinski definition) is 11. The number of ether oxygens (including phenoxy) is 1. The number of nitrogens with two attached hydrogens (primary N) is 1. The van der Waals surface area contributed by atoms with Crippen LogP contribution in [0.15, 0.2) is 32.5 Å². The molecule has 0 aliphatic carbocycles. The molecule has 0 unspecified atom stereocenters. The van der Waals surface area contributed by atoms with E-state index in [1.54, 1.807) is 26.8 Å². The van der Waals surface area contributed by atoms with Crippen LogP contribution in [0.1, 0.15) is 31.3 Å². The van der Waals surface area contributed by atoms with E-state index < -0.39 is 17.1 Å². The van der Waals surface area contributed by atoms with Gasteiger partial charge in [0, 0.05) is 18.3 Å². The van der Waals surface area contributed by atoms with Gasteiger partial charge < -0.3 is 25.3 Å². The lowest BCUT2D eigenvalue weighted by molar-refractivity contribution is 0.0944. The third-order valence-electron chi connectivity index (χ3n) is 3.29. The Bertz CT molecular complexity index is 989. The number of carbonyl (C=O) groups excluding carboxylic acids is 1. The van der Waals surface area contributed by atoms with Crippen LogP contribution in [0.5, 0.6) is 5.75 Å². The van der Waals surface area contributed by atoms with Gasteiger partial charge in [-0.15, -0.1) is 10.2 Å². The number of carbonyl (C=O) groups is 1. The zero-order chi connectivity index (χ0) is 21.6. The third-order valence-corrected chi connectivity index (χ3v) is 4.02. The van der Waals surface area contributed by atoms with Crippen LogP contribution >= 0.6 is 11.3 Å². The molecule has 11 nitrogen and oxygen atoms in total. The predicted molar refractivity (Wildman–Crippen MR) is 110 cm³/mol. The van der Waals surface area contributed by atoms with Crippen LogP contribution in [-0.2, 0) is 0 Å². The summed E-state index contributed by atoms with van der Waals surface area (Å²) in [6, 6.07) is 1.30. The Kier molecular flexibility index (Phi) is 7.07. The second kappa shape index (κ2) is 9.30. The average Bonchev–Trinajstić information content (AvgIpc) is 3.05. The topological polar surface area (TPSA) is 165 Å². The molecule has 0 aliphatic heterocycles. The summed E-state index contributed by atoms with van der Waals surface area (Å²) < 4.78 is 10.0. The van der Waals surface area contributed by atoms with Crippen molar-refractivity contribution in [2.45, 2.75) is 26.4 Å². The highest BCUT2D eigenvalue weighted by molar-refractivity contribution is 7.18. The van der Waals surface area contributed by atoms with E-state index in [1.165, 1.54) is 19.4 Å². The third kappa shape index (κ3) is 6.40. The summed E-state index contributed by atoms with van der Waals surface area (Å²) in [5.74, 6) is -1.08. The summed E-state index contributed by atoms with van der Waals surface area (Å²) in [6.07, 6.45) is 2.94. The number of aliphatic imine (C=N–C) groups is 1. The first kappa shape index (κ1) is 22.0. The maximum Gasteiger partial charge on any atom is 0.381 e. The summed E-state index contributed by atoms with van der Waals surface area (Å²) in [5, 5.41) is 23.4. The van der Waals surface area contributed by atoms with Gasteiger partial charge in [0.2, 0.25) is 16.0 Å². The fourth-order valence-electron chi connectivity index (χ4n) is 2.03. The first-order valence-electron chi connectivity index (χ1n) is 8.39. The number of methoxy groups -OCH3 is 1. The Labute approximate surface area is 170 Å².